The van der Waals surface area contributed by atoms with Crippen molar-refractivity contribution in [1.29, 1.82) is 0 Å². The van der Waals surface area contributed by atoms with E-state index in [1.165, 1.54) is 12.3 Å². The molecule has 1 saturated carbocycles. The molecule has 1 aliphatic rings. The van der Waals surface area contributed by atoms with Crippen molar-refractivity contribution in [2.75, 3.05) is 0 Å². The average Bonchev–Trinajstić information content (AvgIpc) is 2.74. The molecular weight excluding hydrogens is 196 g/mol. The lowest BCUT2D eigenvalue weighted by Gasteiger charge is -2.27. The van der Waals surface area contributed by atoms with Crippen molar-refractivity contribution in [3.8, 4) is 0 Å². The van der Waals surface area contributed by atoms with Gasteiger partial charge in [-0.3, -0.25) is 4.79 Å². The number of hydrogen-bond acceptors (Lipinski definition) is 4. The molecule has 0 aliphatic heterocycles. The van der Waals surface area contributed by atoms with E-state index in [0.29, 0.717) is 0 Å². The molecule has 0 spiro atoms. The fraction of sp³-hybridized carbons (Fsp3) is 0.600. The summed E-state index contributed by atoms with van der Waals surface area (Å²) in [6.07, 6.45) is 4.56. The molecule has 15 heavy (non-hydrogen) atoms. The molecule has 2 N–H and O–H groups in total. The second kappa shape index (κ2) is 4.44. The zero-order valence-corrected chi connectivity index (χ0v) is 8.35. The van der Waals surface area contributed by atoms with Gasteiger partial charge >= 0.3 is 0 Å². The van der Waals surface area contributed by atoms with Crippen molar-refractivity contribution in [3.05, 3.63) is 18.0 Å². The van der Waals surface area contributed by atoms with Gasteiger partial charge in [0, 0.05) is 6.07 Å². The Morgan fingerprint density at radius 3 is 3.00 bits per heavy atom. The first kappa shape index (κ1) is 10.2. The van der Waals surface area contributed by atoms with Crippen LogP contribution < -0.4 is 5.32 Å². The van der Waals surface area contributed by atoms with Gasteiger partial charge in [0.1, 0.15) is 6.26 Å². The van der Waals surface area contributed by atoms with E-state index in [0.717, 1.165) is 25.7 Å². The number of rotatable bonds is 2. The van der Waals surface area contributed by atoms with Gasteiger partial charge in [-0.25, -0.2) is 0 Å². The van der Waals surface area contributed by atoms with E-state index < -0.39 is 6.10 Å². The predicted molar refractivity (Wildman–Crippen MR) is 52.2 cm³/mol. The summed E-state index contributed by atoms with van der Waals surface area (Å²) in [5.74, 6) is -0.283. The summed E-state index contributed by atoms with van der Waals surface area (Å²) >= 11 is 0. The van der Waals surface area contributed by atoms with Crippen LogP contribution in [-0.2, 0) is 0 Å². The van der Waals surface area contributed by atoms with Gasteiger partial charge < -0.3 is 14.9 Å². The second-order valence-corrected chi connectivity index (χ2v) is 3.82. The van der Waals surface area contributed by atoms with Gasteiger partial charge in [-0.05, 0) is 12.8 Å². The molecule has 0 unspecified atom stereocenters. The lowest BCUT2D eigenvalue weighted by molar-refractivity contribution is 0.0711. The normalized spacial score (nSPS) is 26.2. The van der Waals surface area contributed by atoms with Gasteiger partial charge in [-0.1, -0.05) is 18.0 Å². The van der Waals surface area contributed by atoms with Crippen LogP contribution in [0.5, 0.6) is 0 Å². The van der Waals surface area contributed by atoms with Gasteiger partial charge in [0.05, 0.1) is 12.1 Å². The Balaban J connectivity index is 1.93. The largest absolute Gasteiger partial charge is 0.391 e. The molecule has 1 amide bonds. The average molecular weight is 210 g/mol. The molecule has 5 nitrogen and oxygen atoms in total. The Hall–Kier alpha value is -1.36. The van der Waals surface area contributed by atoms with Crippen LogP contribution in [0.1, 0.15) is 36.2 Å². The van der Waals surface area contributed by atoms with Crippen molar-refractivity contribution in [3.63, 3.8) is 0 Å². The number of aliphatic hydroxyl groups excluding tert-OH is 1. The van der Waals surface area contributed by atoms with E-state index >= 15 is 0 Å². The molecule has 0 bridgehead atoms. The molecule has 1 aliphatic carbocycles. The van der Waals surface area contributed by atoms with Crippen molar-refractivity contribution in [1.82, 2.24) is 10.5 Å². The van der Waals surface area contributed by atoms with Crippen LogP contribution in [-0.4, -0.2) is 28.3 Å². The quantitative estimate of drug-likeness (QED) is 0.753. The maximum atomic E-state index is 11.6. The number of carbonyl (C=O) groups excluding carboxylic acids is 1. The minimum atomic E-state index is -0.436. The van der Waals surface area contributed by atoms with Gasteiger partial charge in [0.2, 0.25) is 0 Å². The van der Waals surface area contributed by atoms with E-state index in [1.807, 2.05) is 0 Å². The molecule has 2 rings (SSSR count). The van der Waals surface area contributed by atoms with Crippen LogP contribution in [0.15, 0.2) is 16.9 Å². The number of carbonyl (C=O) groups is 1. The van der Waals surface area contributed by atoms with Crippen molar-refractivity contribution in [2.45, 2.75) is 37.8 Å². The smallest absolute Gasteiger partial charge is 0.273 e. The Morgan fingerprint density at radius 1 is 1.53 bits per heavy atom. The minimum absolute atomic E-state index is 0.150. The first-order valence-electron chi connectivity index (χ1n) is 5.16. The molecule has 1 aromatic heterocycles. The maximum absolute atomic E-state index is 11.6. The second-order valence-electron chi connectivity index (χ2n) is 3.82. The highest BCUT2D eigenvalue weighted by atomic mass is 16.5. The van der Waals surface area contributed by atoms with Crippen LogP contribution in [0.3, 0.4) is 0 Å². The lowest BCUT2D eigenvalue weighted by Crippen LogP contribution is -2.45. The molecule has 5 heteroatoms. The van der Waals surface area contributed by atoms with Gasteiger partial charge in [0.15, 0.2) is 5.69 Å². The van der Waals surface area contributed by atoms with Crippen LogP contribution >= 0.6 is 0 Å². The Kier molecular flexibility index (Phi) is 3.01. The Morgan fingerprint density at radius 2 is 2.33 bits per heavy atom. The predicted octanol–water partition coefficient (Wildman–Crippen LogP) is 0.708. The summed E-state index contributed by atoms with van der Waals surface area (Å²) in [4.78, 5) is 11.6. The summed E-state index contributed by atoms with van der Waals surface area (Å²) in [6.45, 7) is 0. The molecule has 2 atom stereocenters. The zero-order chi connectivity index (χ0) is 10.7. The first-order valence-corrected chi connectivity index (χ1v) is 5.16. The fourth-order valence-corrected chi connectivity index (χ4v) is 1.85. The van der Waals surface area contributed by atoms with E-state index in [2.05, 4.69) is 15.0 Å². The van der Waals surface area contributed by atoms with E-state index in [9.17, 15) is 9.90 Å². The van der Waals surface area contributed by atoms with Crippen LogP contribution in [0.25, 0.3) is 0 Å². The molecule has 0 aromatic carbocycles. The van der Waals surface area contributed by atoms with Crippen LogP contribution in [0.2, 0.25) is 0 Å². The molecule has 1 heterocycles. The molecule has 1 aromatic rings. The number of aromatic nitrogens is 1. The van der Waals surface area contributed by atoms with Gasteiger partial charge in [-0.15, -0.1) is 0 Å². The molecule has 0 saturated heterocycles. The molecule has 82 valence electrons. The molecular formula is C10H14N2O3. The molecule has 0 radical (unpaired) electrons. The van der Waals surface area contributed by atoms with Gasteiger partial charge in [0.25, 0.3) is 5.91 Å². The first-order chi connectivity index (χ1) is 7.27. The highest BCUT2D eigenvalue weighted by molar-refractivity contribution is 5.92. The maximum Gasteiger partial charge on any atom is 0.273 e. The Bertz CT molecular complexity index is 323. The number of aliphatic hydroxyl groups is 1. The van der Waals surface area contributed by atoms with E-state index in [4.69, 9.17) is 0 Å². The number of nitrogens with one attached hydrogen (secondary N) is 1. The van der Waals surface area contributed by atoms with Gasteiger partial charge in [-0.2, -0.15) is 0 Å². The van der Waals surface area contributed by atoms with Crippen LogP contribution in [0, 0.1) is 0 Å². The lowest BCUT2D eigenvalue weighted by atomic mass is 9.92. The van der Waals surface area contributed by atoms with Crippen molar-refractivity contribution >= 4 is 5.91 Å². The summed E-state index contributed by atoms with van der Waals surface area (Å²) in [5.41, 5.74) is 0.257. The summed E-state index contributed by atoms with van der Waals surface area (Å²) in [7, 11) is 0. The third kappa shape index (κ3) is 2.36. The number of amides is 1. The van der Waals surface area contributed by atoms with E-state index in [1.54, 1.807) is 0 Å². The Labute approximate surface area is 87.5 Å². The third-order valence-corrected chi connectivity index (χ3v) is 2.72. The number of nitrogens with zero attached hydrogens (tertiary/aromatic N) is 1. The fourth-order valence-electron chi connectivity index (χ4n) is 1.85. The van der Waals surface area contributed by atoms with E-state index in [-0.39, 0.29) is 17.6 Å². The zero-order valence-electron chi connectivity index (χ0n) is 8.35. The van der Waals surface area contributed by atoms with Crippen molar-refractivity contribution < 1.29 is 14.4 Å². The highest BCUT2D eigenvalue weighted by Gasteiger charge is 2.25. The monoisotopic (exact) mass is 210 g/mol. The van der Waals surface area contributed by atoms with Crippen molar-refractivity contribution in [2.24, 2.45) is 0 Å². The van der Waals surface area contributed by atoms with Crippen LogP contribution in [0.4, 0.5) is 0 Å². The third-order valence-electron chi connectivity index (χ3n) is 2.72. The molecule has 1 fully saturated rings. The minimum Gasteiger partial charge on any atom is -0.391 e. The summed E-state index contributed by atoms with van der Waals surface area (Å²) in [5, 5.41) is 16.0. The topological polar surface area (TPSA) is 75.4 Å². The summed E-state index contributed by atoms with van der Waals surface area (Å²) < 4.78 is 4.58. The highest BCUT2D eigenvalue weighted by Crippen LogP contribution is 2.18. The standard InChI is InChI=1S/C10H14N2O3/c13-9-4-2-1-3-7(9)11-10(14)8-5-6-15-12-8/h5-7,9,13H,1-4H2,(H,11,14)/t7-,9-/m0/s1. The summed E-state index contributed by atoms with van der Waals surface area (Å²) in [6, 6.07) is 1.35. The SMILES string of the molecule is O=C(N[C@H]1CCCC[C@@H]1O)c1ccon1. The number of hydrogen-bond donors (Lipinski definition) is 2.